The molecule has 1 aromatic heterocycles. The zero-order chi connectivity index (χ0) is 18.1. The molecule has 3 aliphatic heterocycles. The molecule has 0 radical (unpaired) electrons. The fraction of sp³-hybridized carbons (Fsp3) is 0.429. The van der Waals surface area contributed by atoms with Crippen LogP contribution in [0.4, 0.5) is 0 Å². The molecule has 3 saturated heterocycles. The predicted molar refractivity (Wildman–Crippen MR) is 101 cm³/mol. The van der Waals surface area contributed by atoms with Crippen LogP contribution in [-0.2, 0) is 13.6 Å². The van der Waals surface area contributed by atoms with Gasteiger partial charge in [-0.2, -0.15) is 0 Å². The van der Waals surface area contributed by atoms with E-state index in [0.29, 0.717) is 11.5 Å². The molecule has 0 aliphatic carbocycles. The summed E-state index contributed by atoms with van der Waals surface area (Å²) in [4.78, 5) is 29.2. The number of aryl methyl sites for hydroxylation is 1. The lowest BCUT2D eigenvalue weighted by atomic mass is 9.94. The van der Waals surface area contributed by atoms with Crippen molar-refractivity contribution >= 4 is 5.91 Å². The molecular weight excluding hydrogens is 326 g/mol. The van der Waals surface area contributed by atoms with Gasteiger partial charge in [0.1, 0.15) is 0 Å². The number of piperidine rings is 1. The number of nitrogens with zero attached hydrogens (tertiary/aromatic N) is 3. The largest absolute Gasteiger partial charge is 0.334 e. The molecule has 3 fully saturated rings. The quantitative estimate of drug-likeness (QED) is 0.851. The minimum atomic E-state index is -0.0898. The second-order valence-corrected chi connectivity index (χ2v) is 7.60. The zero-order valence-corrected chi connectivity index (χ0v) is 15.2. The summed E-state index contributed by atoms with van der Waals surface area (Å²) in [5, 5.41) is 0. The molecule has 26 heavy (non-hydrogen) atoms. The molecule has 0 saturated carbocycles. The number of hydrogen-bond acceptors (Lipinski definition) is 3. The molecule has 5 heteroatoms. The van der Waals surface area contributed by atoms with E-state index in [4.69, 9.17) is 0 Å². The van der Waals surface area contributed by atoms with Gasteiger partial charge in [-0.1, -0.05) is 30.3 Å². The monoisotopic (exact) mass is 351 g/mol. The van der Waals surface area contributed by atoms with Crippen LogP contribution in [0.1, 0.15) is 28.8 Å². The number of hydrogen-bond donors (Lipinski definition) is 0. The summed E-state index contributed by atoms with van der Waals surface area (Å²) in [7, 11) is 1.69. The Labute approximate surface area is 153 Å². The maximum absolute atomic E-state index is 13.1. The Bertz CT molecular complexity index is 846. The summed E-state index contributed by atoms with van der Waals surface area (Å²) in [5.74, 6) is 0.575. The van der Waals surface area contributed by atoms with Crippen LogP contribution in [0, 0.1) is 5.92 Å². The summed E-state index contributed by atoms with van der Waals surface area (Å²) in [6.07, 6.45) is 3.91. The van der Waals surface area contributed by atoms with Gasteiger partial charge in [0.25, 0.3) is 5.91 Å². The number of rotatable bonds is 3. The van der Waals surface area contributed by atoms with Crippen molar-refractivity contribution in [3.05, 3.63) is 70.1 Å². The van der Waals surface area contributed by atoms with Crippen molar-refractivity contribution in [1.82, 2.24) is 14.4 Å². The first kappa shape index (κ1) is 17.0. The first-order valence-electron chi connectivity index (χ1n) is 9.34. The van der Waals surface area contributed by atoms with Gasteiger partial charge in [-0.25, -0.2) is 0 Å². The topological polar surface area (TPSA) is 45.6 Å². The van der Waals surface area contributed by atoms with Crippen LogP contribution >= 0.6 is 0 Å². The Morgan fingerprint density at radius 1 is 1.04 bits per heavy atom. The smallest absolute Gasteiger partial charge is 0.255 e. The van der Waals surface area contributed by atoms with Crippen molar-refractivity contribution in [2.45, 2.75) is 25.4 Å². The van der Waals surface area contributed by atoms with Gasteiger partial charge >= 0.3 is 0 Å². The van der Waals surface area contributed by atoms with E-state index in [1.165, 1.54) is 22.6 Å². The molecule has 3 aliphatic rings. The van der Waals surface area contributed by atoms with E-state index in [9.17, 15) is 9.59 Å². The molecule has 5 nitrogen and oxygen atoms in total. The van der Waals surface area contributed by atoms with Crippen molar-refractivity contribution < 1.29 is 4.79 Å². The van der Waals surface area contributed by atoms with E-state index < -0.39 is 0 Å². The first-order valence-corrected chi connectivity index (χ1v) is 9.34. The average molecular weight is 351 g/mol. The number of aromatic nitrogens is 1. The number of fused-ring (bicyclic) bond motifs is 4. The van der Waals surface area contributed by atoms with E-state index >= 15 is 0 Å². The van der Waals surface area contributed by atoms with Crippen molar-refractivity contribution in [1.29, 1.82) is 0 Å². The summed E-state index contributed by atoms with van der Waals surface area (Å²) in [6.45, 7) is 3.72. The second-order valence-electron chi connectivity index (χ2n) is 7.60. The van der Waals surface area contributed by atoms with Gasteiger partial charge in [-0.3, -0.25) is 14.5 Å². The van der Waals surface area contributed by atoms with E-state index in [1.807, 2.05) is 11.0 Å². The average Bonchev–Trinajstić information content (AvgIpc) is 2.95. The van der Waals surface area contributed by atoms with Crippen LogP contribution in [0.25, 0.3) is 0 Å². The summed E-state index contributed by atoms with van der Waals surface area (Å²) in [5.41, 5.74) is 1.84. The Hall–Kier alpha value is -2.40. The molecule has 2 atom stereocenters. The standard InChI is InChI=1S/C21H25N3O2/c1-22-14-18(8-10-20(22)25)21(26)24-13-17-7-9-19(24)15-23(12-17)11-16-5-3-2-4-6-16/h2-6,8,10,14,17,19H,7,9,11-13,15H2,1H3/t17-,19+/m0/s1. The summed E-state index contributed by atoms with van der Waals surface area (Å²) >= 11 is 0. The highest BCUT2D eigenvalue weighted by Crippen LogP contribution is 2.29. The molecule has 1 amide bonds. The third-order valence-corrected chi connectivity index (χ3v) is 5.63. The van der Waals surface area contributed by atoms with Gasteiger partial charge in [0.15, 0.2) is 0 Å². The third-order valence-electron chi connectivity index (χ3n) is 5.63. The number of amides is 1. The lowest BCUT2D eigenvalue weighted by Gasteiger charge is -2.36. The molecule has 2 aromatic rings. The van der Waals surface area contributed by atoms with Gasteiger partial charge < -0.3 is 9.47 Å². The van der Waals surface area contributed by atoms with Crippen molar-refractivity contribution in [2.75, 3.05) is 19.6 Å². The van der Waals surface area contributed by atoms with Gasteiger partial charge in [0.2, 0.25) is 5.56 Å². The number of carbonyl (C=O) groups is 1. The lowest BCUT2D eigenvalue weighted by Crippen LogP contribution is -2.47. The second kappa shape index (κ2) is 7.08. The maximum atomic E-state index is 13.1. The Balaban J connectivity index is 1.52. The predicted octanol–water partition coefficient (Wildman–Crippen LogP) is 2.12. The highest BCUT2D eigenvalue weighted by Gasteiger charge is 2.37. The minimum absolute atomic E-state index is 0.0526. The molecule has 0 unspecified atom stereocenters. The van der Waals surface area contributed by atoms with E-state index in [-0.39, 0.29) is 17.5 Å². The molecule has 2 bridgehead atoms. The van der Waals surface area contributed by atoms with E-state index in [1.54, 1.807) is 19.3 Å². The van der Waals surface area contributed by atoms with Gasteiger partial charge in [-0.15, -0.1) is 0 Å². The summed E-state index contributed by atoms with van der Waals surface area (Å²) in [6, 6.07) is 13.9. The maximum Gasteiger partial charge on any atom is 0.255 e. The highest BCUT2D eigenvalue weighted by molar-refractivity contribution is 5.94. The SMILES string of the molecule is Cn1cc(C(=O)N2C[C@H]3CC[C@@H]2CN(Cc2ccccc2)C3)ccc1=O. The molecule has 0 spiro atoms. The Kier molecular flexibility index (Phi) is 4.64. The zero-order valence-electron chi connectivity index (χ0n) is 15.2. The van der Waals surface area contributed by atoms with Crippen molar-refractivity contribution in [3.63, 3.8) is 0 Å². The number of pyridine rings is 1. The van der Waals surface area contributed by atoms with E-state index in [0.717, 1.165) is 32.6 Å². The minimum Gasteiger partial charge on any atom is -0.334 e. The highest BCUT2D eigenvalue weighted by atomic mass is 16.2. The van der Waals surface area contributed by atoms with Crippen LogP contribution in [0.3, 0.4) is 0 Å². The number of benzene rings is 1. The van der Waals surface area contributed by atoms with Crippen molar-refractivity contribution in [3.8, 4) is 0 Å². The molecule has 1 aromatic carbocycles. The van der Waals surface area contributed by atoms with Crippen molar-refractivity contribution in [2.24, 2.45) is 13.0 Å². The fourth-order valence-electron chi connectivity index (χ4n) is 4.28. The Morgan fingerprint density at radius 3 is 2.62 bits per heavy atom. The fourth-order valence-corrected chi connectivity index (χ4v) is 4.28. The van der Waals surface area contributed by atoms with Crippen LogP contribution in [0.15, 0.2) is 53.5 Å². The van der Waals surface area contributed by atoms with Crippen LogP contribution in [0.2, 0.25) is 0 Å². The van der Waals surface area contributed by atoms with Crippen LogP contribution in [-0.4, -0.2) is 46.0 Å². The normalized spacial score (nSPS) is 23.0. The third kappa shape index (κ3) is 3.44. The number of carbonyl (C=O) groups excluding carboxylic acids is 1. The first-order chi connectivity index (χ1) is 12.6. The molecular formula is C21H25N3O2. The van der Waals surface area contributed by atoms with Gasteiger partial charge in [-0.05, 0) is 30.4 Å². The molecule has 5 rings (SSSR count). The molecule has 4 heterocycles. The van der Waals surface area contributed by atoms with E-state index in [2.05, 4.69) is 29.2 Å². The summed E-state index contributed by atoms with van der Waals surface area (Å²) < 4.78 is 1.48. The molecule has 0 N–H and O–H groups in total. The van der Waals surface area contributed by atoms with Crippen LogP contribution in [0.5, 0.6) is 0 Å². The van der Waals surface area contributed by atoms with Gasteiger partial charge in [0.05, 0.1) is 5.56 Å². The van der Waals surface area contributed by atoms with Crippen LogP contribution < -0.4 is 5.56 Å². The lowest BCUT2D eigenvalue weighted by molar-refractivity contribution is 0.0584. The Morgan fingerprint density at radius 2 is 1.85 bits per heavy atom. The molecule has 136 valence electrons. The van der Waals surface area contributed by atoms with Gasteiger partial charge in [0, 0.05) is 51.5 Å².